The lowest BCUT2D eigenvalue weighted by Gasteiger charge is -2.11. The van der Waals surface area contributed by atoms with Crippen LogP contribution in [-0.2, 0) is 13.0 Å². The molecule has 4 nitrogen and oxygen atoms in total. The lowest BCUT2D eigenvalue weighted by atomic mass is 10.2. The molecule has 0 aliphatic rings. The zero-order valence-electron chi connectivity index (χ0n) is 11.3. The lowest BCUT2D eigenvalue weighted by Crippen LogP contribution is -2.27. The van der Waals surface area contributed by atoms with Crippen LogP contribution in [0.1, 0.15) is 38.3 Å². The molecule has 2 aromatic rings. The SMILES string of the molecule is CC(Cc1ccco1)NCc1ccn(C(C)C)n1. The fraction of sp³-hybridized carbons (Fsp3) is 0.500. The standard InChI is InChI=1S/C14H21N3O/c1-11(2)17-7-6-13(16-17)10-15-12(3)9-14-5-4-8-18-14/h4-8,11-12,15H,9-10H2,1-3H3. The summed E-state index contributed by atoms with van der Waals surface area (Å²) in [7, 11) is 0. The highest BCUT2D eigenvalue weighted by atomic mass is 16.3. The maximum atomic E-state index is 5.33. The van der Waals surface area contributed by atoms with Crippen LogP contribution in [0, 0.1) is 0 Å². The van der Waals surface area contributed by atoms with Crippen LogP contribution >= 0.6 is 0 Å². The number of nitrogens with one attached hydrogen (secondary N) is 1. The zero-order chi connectivity index (χ0) is 13.0. The predicted octanol–water partition coefficient (Wildman–Crippen LogP) is 2.78. The Labute approximate surface area is 108 Å². The molecule has 0 fully saturated rings. The fourth-order valence-electron chi connectivity index (χ4n) is 1.84. The molecule has 0 bridgehead atoms. The van der Waals surface area contributed by atoms with Crippen LogP contribution in [-0.4, -0.2) is 15.8 Å². The second-order valence-corrected chi connectivity index (χ2v) is 4.95. The molecule has 1 N–H and O–H groups in total. The van der Waals surface area contributed by atoms with Gasteiger partial charge in [0.05, 0.1) is 12.0 Å². The van der Waals surface area contributed by atoms with Gasteiger partial charge < -0.3 is 9.73 Å². The van der Waals surface area contributed by atoms with Crippen LogP contribution in [0.15, 0.2) is 35.1 Å². The van der Waals surface area contributed by atoms with Crippen LogP contribution in [0.5, 0.6) is 0 Å². The maximum absolute atomic E-state index is 5.33. The van der Waals surface area contributed by atoms with E-state index in [4.69, 9.17) is 4.42 Å². The molecule has 0 aliphatic heterocycles. The van der Waals surface area contributed by atoms with E-state index in [0.29, 0.717) is 12.1 Å². The van der Waals surface area contributed by atoms with Crippen molar-refractivity contribution in [2.24, 2.45) is 0 Å². The van der Waals surface area contributed by atoms with Crippen molar-refractivity contribution in [3.63, 3.8) is 0 Å². The molecule has 2 aromatic heterocycles. The number of hydrogen-bond donors (Lipinski definition) is 1. The van der Waals surface area contributed by atoms with Gasteiger partial charge in [0.25, 0.3) is 0 Å². The van der Waals surface area contributed by atoms with Crippen LogP contribution in [0.25, 0.3) is 0 Å². The van der Waals surface area contributed by atoms with E-state index in [1.54, 1.807) is 6.26 Å². The molecule has 2 rings (SSSR count). The molecular formula is C14H21N3O. The average molecular weight is 247 g/mol. The van der Waals surface area contributed by atoms with Crippen molar-refractivity contribution < 1.29 is 4.42 Å². The summed E-state index contributed by atoms with van der Waals surface area (Å²) in [6.07, 6.45) is 4.64. The zero-order valence-corrected chi connectivity index (χ0v) is 11.3. The molecule has 4 heteroatoms. The Bertz CT molecular complexity index is 459. The van der Waals surface area contributed by atoms with Crippen molar-refractivity contribution in [1.82, 2.24) is 15.1 Å². The lowest BCUT2D eigenvalue weighted by molar-refractivity contribution is 0.452. The Morgan fingerprint density at radius 1 is 1.33 bits per heavy atom. The largest absolute Gasteiger partial charge is 0.469 e. The van der Waals surface area contributed by atoms with Gasteiger partial charge in [0.2, 0.25) is 0 Å². The van der Waals surface area contributed by atoms with Gasteiger partial charge in [-0.05, 0) is 39.0 Å². The Morgan fingerprint density at radius 2 is 2.17 bits per heavy atom. The monoisotopic (exact) mass is 247 g/mol. The van der Waals surface area contributed by atoms with Gasteiger partial charge in [-0.15, -0.1) is 0 Å². The van der Waals surface area contributed by atoms with Crippen LogP contribution in [0.2, 0.25) is 0 Å². The quantitative estimate of drug-likeness (QED) is 0.853. The van der Waals surface area contributed by atoms with Crippen molar-refractivity contribution >= 4 is 0 Å². The minimum atomic E-state index is 0.375. The number of aromatic nitrogens is 2. The topological polar surface area (TPSA) is 43.0 Å². The van der Waals surface area contributed by atoms with Gasteiger partial charge in [-0.2, -0.15) is 5.10 Å². The van der Waals surface area contributed by atoms with E-state index in [0.717, 1.165) is 24.4 Å². The molecule has 0 amide bonds. The molecular weight excluding hydrogens is 226 g/mol. The van der Waals surface area contributed by atoms with Gasteiger partial charge in [0, 0.05) is 31.2 Å². The van der Waals surface area contributed by atoms with Crippen molar-refractivity contribution in [2.75, 3.05) is 0 Å². The van der Waals surface area contributed by atoms with Crippen molar-refractivity contribution in [2.45, 2.75) is 45.8 Å². The predicted molar refractivity (Wildman–Crippen MR) is 71.3 cm³/mol. The Hall–Kier alpha value is -1.55. The summed E-state index contributed by atoms with van der Waals surface area (Å²) in [5, 5.41) is 7.96. The van der Waals surface area contributed by atoms with Gasteiger partial charge in [-0.1, -0.05) is 0 Å². The van der Waals surface area contributed by atoms with E-state index < -0.39 is 0 Å². The number of furan rings is 1. The third-order valence-electron chi connectivity index (χ3n) is 2.91. The van der Waals surface area contributed by atoms with E-state index in [1.165, 1.54) is 0 Å². The first-order valence-corrected chi connectivity index (χ1v) is 6.45. The molecule has 18 heavy (non-hydrogen) atoms. The van der Waals surface area contributed by atoms with E-state index >= 15 is 0 Å². The van der Waals surface area contributed by atoms with Crippen molar-refractivity contribution in [3.05, 3.63) is 42.1 Å². The molecule has 98 valence electrons. The van der Waals surface area contributed by atoms with E-state index in [-0.39, 0.29) is 0 Å². The number of rotatable bonds is 6. The first-order valence-electron chi connectivity index (χ1n) is 6.45. The highest BCUT2D eigenvalue weighted by molar-refractivity contribution is 5.02. The molecule has 0 saturated heterocycles. The van der Waals surface area contributed by atoms with Gasteiger partial charge in [-0.3, -0.25) is 4.68 Å². The minimum Gasteiger partial charge on any atom is -0.469 e. The van der Waals surface area contributed by atoms with Gasteiger partial charge in [0.1, 0.15) is 5.76 Å². The summed E-state index contributed by atoms with van der Waals surface area (Å²) in [4.78, 5) is 0. The van der Waals surface area contributed by atoms with Crippen LogP contribution < -0.4 is 5.32 Å². The van der Waals surface area contributed by atoms with Gasteiger partial charge in [0.15, 0.2) is 0 Å². The second-order valence-electron chi connectivity index (χ2n) is 4.95. The Balaban J connectivity index is 1.79. The van der Waals surface area contributed by atoms with Crippen LogP contribution in [0.3, 0.4) is 0 Å². The molecule has 0 aliphatic carbocycles. The Morgan fingerprint density at radius 3 is 2.78 bits per heavy atom. The summed E-state index contributed by atoms with van der Waals surface area (Å²) in [5.74, 6) is 1.02. The number of nitrogens with zero attached hydrogens (tertiary/aromatic N) is 2. The first kappa shape index (κ1) is 12.9. The summed E-state index contributed by atoms with van der Waals surface area (Å²) in [6.45, 7) is 7.21. The van der Waals surface area contributed by atoms with E-state index in [2.05, 4.69) is 37.3 Å². The molecule has 1 atom stereocenters. The third kappa shape index (κ3) is 3.47. The summed E-state index contributed by atoms with van der Waals surface area (Å²) >= 11 is 0. The van der Waals surface area contributed by atoms with Crippen molar-refractivity contribution in [1.29, 1.82) is 0 Å². The maximum Gasteiger partial charge on any atom is 0.105 e. The normalized spacial score (nSPS) is 13.1. The van der Waals surface area contributed by atoms with Crippen LogP contribution in [0.4, 0.5) is 0 Å². The molecule has 1 unspecified atom stereocenters. The first-order chi connectivity index (χ1) is 8.65. The van der Waals surface area contributed by atoms with Crippen molar-refractivity contribution in [3.8, 4) is 0 Å². The molecule has 0 saturated carbocycles. The summed E-state index contributed by atoms with van der Waals surface area (Å²) < 4.78 is 7.31. The second kappa shape index (κ2) is 5.87. The van der Waals surface area contributed by atoms with Gasteiger partial charge in [-0.25, -0.2) is 0 Å². The van der Waals surface area contributed by atoms with E-state index in [1.807, 2.05) is 23.0 Å². The molecule has 2 heterocycles. The smallest absolute Gasteiger partial charge is 0.105 e. The summed E-state index contributed by atoms with van der Waals surface area (Å²) in [6, 6.07) is 6.78. The number of hydrogen-bond acceptors (Lipinski definition) is 3. The minimum absolute atomic E-state index is 0.375. The fourth-order valence-corrected chi connectivity index (χ4v) is 1.84. The Kier molecular flexibility index (Phi) is 4.20. The molecule has 0 radical (unpaired) electrons. The van der Waals surface area contributed by atoms with E-state index in [9.17, 15) is 0 Å². The average Bonchev–Trinajstić information content (AvgIpc) is 2.96. The van der Waals surface area contributed by atoms with Gasteiger partial charge >= 0.3 is 0 Å². The molecule has 0 aromatic carbocycles. The third-order valence-corrected chi connectivity index (χ3v) is 2.91. The highest BCUT2D eigenvalue weighted by Gasteiger charge is 2.07. The molecule has 0 spiro atoms. The highest BCUT2D eigenvalue weighted by Crippen LogP contribution is 2.06. The summed E-state index contributed by atoms with van der Waals surface area (Å²) in [5.41, 5.74) is 1.08.